The molecule has 2 unspecified atom stereocenters. The molecule has 0 aromatic rings. The van der Waals surface area contributed by atoms with Gasteiger partial charge in [0, 0.05) is 19.5 Å². The number of hydrogen-bond donors (Lipinski definition) is 7. The van der Waals surface area contributed by atoms with E-state index in [0.717, 1.165) is 51.6 Å². The number of halogens is 3. The van der Waals surface area contributed by atoms with Crippen LogP contribution in [0.5, 0.6) is 0 Å². The predicted octanol–water partition coefficient (Wildman–Crippen LogP) is -0.432. The minimum Gasteiger partial charge on any atom is -0.381 e. The first kappa shape index (κ1) is 37.4. The maximum Gasteiger partial charge on any atom is 0.250 e. The number of nitrogens with two attached hydrogens (primary N) is 4. The second-order valence-electron chi connectivity index (χ2n) is 6.80. The Hall–Kier alpha value is -0.880. The van der Waals surface area contributed by atoms with Crippen LogP contribution < -0.4 is 33.6 Å². The summed E-state index contributed by atoms with van der Waals surface area (Å²) < 4.78 is 0. The summed E-state index contributed by atoms with van der Waals surface area (Å²) in [4.78, 5) is 27.8. The predicted molar refractivity (Wildman–Crippen MR) is 133 cm³/mol. The fourth-order valence-corrected chi connectivity index (χ4v) is 2.52. The number of carbonyl (C=O) groups is 2. The van der Waals surface area contributed by atoms with Gasteiger partial charge in [0.25, 0.3) is 5.91 Å². The van der Waals surface area contributed by atoms with Crippen molar-refractivity contribution in [2.75, 3.05) is 32.7 Å². The van der Waals surface area contributed by atoms with Crippen molar-refractivity contribution in [3.63, 3.8) is 0 Å². The standard InChI is InChI=1S/C18H39N7O3.3ClH/c19-9-7-11-23-10-5-6-12-24-17(28)16(27)15(20)14(26)8-3-1-2-4-13-25-18(21)22;;;/h15-16,23,27H,1-13,19-20H2,(H,24,28)(H4,21,22,25);3*1H. The maximum atomic E-state index is 12.0. The zero-order chi connectivity index (χ0) is 21.2. The van der Waals surface area contributed by atoms with Crippen LogP contribution in [0.4, 0.5) is 0 Å². The number of aliphatic hydroxyl groups excluding tert-OH is 1. The molecule has 0 heterocycles. The molecule has 11 N–H and O–H groups in total. The number of nitrogens with zero attached hydrogens (tertiary/aromatic N) is 1. The van der Waals surface area contributed by atoms with E-state index in [4.69, 9.17) is 22.9 Å². The van der Waals surface area contributed by atoms with Gasteiger partial charge in [0.15, 0.2) is 17.8 Å². The second-order valence-corrected chi connectivity index (χ2v) is 6.80. The molecule has 31 heavy (non-hydrogen) atoms. The van der Waals surface area contributed by atoms with Gasteiger partial charge in [-0.05, 0) is 51.7 Å². The SMILES string of the molecule is Cl.Cl.Cl.NCCCNCCCCNC(=O)C(O)C(N)C(=O)CCCCCCN=C(N)N. The Morgan fingerprint density at radius 3 is 2.06 bits per heavy atom. The normalized spacial score (nSPS) is 11.7. The lowest BCUT2D eigenvalue weighted by Crippen LogP contribution is -2.50. The van der Waals surface area contributed by atoms with E-state index in [-0.39, 0.29) is 55.4 Å². The van der Waals surface area contributed by atoms with E-state index in [9.17, 15) is 14.7 Å². The lowest BCUT2D eigenvalue weighted by atomic mass is 10.0. The molecule has 10 nitrogen and oxygen atoms in total. The lowest BCUT2D eigenvalue weighted by Gasteiger charge is -2.17. The number of rotatable bonds is 18. The van der Waals surface area contributed by atoms with Gasteiger partial charge in [-0.25, -0.2) is 0 Å². The maximum absolute atomic E-state index is 12.0. The molecule has 0 rings (SSSR count). The molecule has 0 aliphatic heterocycles. The zero-order valence-corrected chi connectivity index (χ0v) is 20.5. The molecule has 2 atom stereocenters. The minimum absolute atomic E-state index is 0. The highest BCUT2D eigenvalue weighted by Gasteiger charge is 2.27. The summed E-state index contributed by atoms with van der Waals surface area (Å²) in [6.07, 6.45) is 4.55. The van der Waals surface area contributed by atoms with E-state index in [2.05, 4.69) is 15.6 Å². The van der Waals surface area contributed by atoms with E-state index < -0.39 is 18.1 Å². The Bertz CT molecular complexity index is 471. The molecular weight excluding hydrogens is 469 g/mol. The van der Waals surface area contributed by atoms with E-state index in [1.807, 2.05) is 0 Å². The summed E-state index contributed by atoms with van der Waals surface area (Å²) in [5.74, 6) is -0.835. The van der Waals surface area contributed by atoms with Crippen LogP contribution in [0.25, 0.3) is 0 Å². The quantitative estimate of drug-likeness (QED) is 0.0732. The first-order valence-corrected chi connectivity index (χ1v) is 10.1. The number of hydrogen-bond acceptors (Lipinski definition) is 7. The van der Waals surface area contributed by atoms with Crippen LogP contribution in [0.15, 0.2) is 4.99 Å². The molecule has 0 aromatic heterocycles. The van der Waals surface area contributed by atoms with Gasteiger partial charge in [-0.2, -0.15) is 0 Å². The number of guanidine groups is 1. The molecule has 0 saturated carbocycles. The molecule has 188 valence electrons. The first-order chi connectivity index (χ1) is 13.4. The average molecular weight is 511 g/mol. The minimum atomic E-state index is -1.52. The number of aliphatic imine (C=N–C) groups is 1. The third-order valence-electron chi connectivity index (χ3n) is 4.24. The van der Waals surface area contributed by atoms with E-state index >= 15 is 0 Å². The third-order valence-corrected chi connectivity index (χ3v) is 4.24. The van der Waals surface area contributed by atoms with Crippen LogP contribution >= 0.6 is 37.2 Å². The molecule has 0 saturated heterocycles. The van der Waals surface area contributed by atoms with Crippen molar-refractivity contribution in [3.05, 3.63) is 0 Å². The van der Waals surface area contributed by atoms with Crippen LogP contribution in [-0.2, 0) is 9.59 Å². The largest absolute Gasteiger partial charge is 0.381 e. The Labute approximate surface area is 204 Å². The number of ketones is 1. The number of aliphatic hydroxyl groups is 1. The molecule has 1 amide bonds. The summed E-state index contributed by atoms with van der Waals surface area (Å²) in [5.41, 5.74) is 21.6. The van der Waals surface area contributed by atoms with Gasteiger partial charge in [-0.3, -0.25) is 14.6 Å². The van der Waals surface area contributed by atoms with E-state index in [0.29, 0.717) is 26.1 Å². The van der Waals surface area contributed by atoms with Gasteiger partial charge in [-0.15, -0.1) is 37.2 Å². The molecule has 0 fully saturated rings. The van der Waals surface area contributed by atoms with Gasteiger partial charge < -0.3 is 38.7 Å². The Balaban J connectivity index is -0.00000121. The fraction of sp³-hybridized carbons (Fsp3) is 0.833. The summed E-state index contributed by atoms with van der Waals surface area (Å²) in [7, 11) is 0. The Kier molecular flexibility index (Phi) is 30.7. The van der Waals surface area contributed by atoms with Crippen molar-refractivity contribution in [1.29, 1.82) is 0 Å². The van der Waals surface area contributed by atoms with Crippen LogP contribution in [0, 0.1) is 0 Å². The van der Waals surface area contributed by atoms with Crippen molar-refractivity contribution in [2.24, 2.45) is 27.9 Å². The van der Waals surface area contributed by atoms with Gasteiger partial charge in [0.05, 0.1) is 6.04 Å². The van der Waals surface area contributed by atoms with Gasteiger partial charge in [0.1, 0.15) is 0 Å². The summed E-state index contributed by atoms with van der Waals surface area (Å²) in [5, 5.41) is 15.8. The van der Waals surface area contributed by atoms with Crippen LogP contribution in [0.3, 0.4) is 0 Å². The van der Waals surface area contributed by atoms with Crippen LogP contribution in [0.2, 0.25) is 0 Å². The number of nitrogens with one attached hydrogen (secondary N) is 2. The zero-order valence-electron chi connectivity index (χ0n) is 18.1. The van der Waals surface area contributed by atoms with Crippen molar-refractivity contribution in [1.82, 2.24) is 10.6 Å². The van der Waals surface area contributed by atoms with Crippen LogP contribution in [0.1, 0.15) is 51.4 Å². The van der Waals surface area contributed by atoms with Gasteiger partial charge in [0.2, 0.25) is 0 Å². The number of Topliss-reactive ketones (excluding diaryl/α,β-unsaturated/α-hetero) is 1. The smallest absolute Gasteiger partial charge is 0.250 e. The number of amides is 1. The topological polar surface area (TPSA) is 195 Å². The molecule has 0 bridgehead atoms. The third kappa shape index (κ3) is 22.1. The molecule has 0 radical (unpaired) electrons. The fourth-order valence-electron chi connectivity index (χ4n) is 2.52. The first-order valence-electron chi connectivity index (χ1n) is 10.1. The molecule has 13 heteroatoms. The summed E-state index contributed by atoms with van der Waals surface area (Å²) in [6.45, 7) is 3.40. The average Bonchev–Trinajstić information content (AvgIpc) is 2.67. The van der Waals surface area contributed by atoms with Crippen molar-refractivity contribution >= 4 is 54.9 Å². The molecular formula is C18H42Cl3N7O3. The molecule has 0 aromatic carbocycles. The number of unbranched alkanes of at least 4 members (excludes halogenated alkanes) is 4. The molecule has 0 aliphatic carbocycles. The number of carbonyl (C=O) groups excluding carboxylic acids is 2. The lowest BCUT2D eigenvalue weighted by molar-refractivity contribution is -0.135. The van der Waals surface area contributed by atoms with Crippen LogP contribution in [-0.4, -0.2) is 67.6 Å². The van der Waals surface area contributed by atoms with E-state index in [1.165, 1.54) is 0 Å². The van der Waals surface area contributed by atoms with Crippen molar-refractivity contribution in [3.8, 4) is 0 Å². The van der Waals surface area contributed by atoms with Crippen molar-refractivity contribution in [2.45, 2.75) is 63.5 Å². The Morgan fingerprint density at radius 2 is 1.45 bits per heavy atom. The highest BCUT2D eigenvalue weighted by Crippen LogP contribution is 2.06. The molecule has 0 aliphatic rings. The van der Waals surface area contributed by atoms with Gasteiger partial charge in [-0.1, -0.05) is 12.8 Å². The molecule has 0 spiro atoms. The van der Waals surface area contributed by atoms with Crippen molar-refractivity contribution < 1.29 is 14.7 Å². The second kappa shape index (κ2) is 25.4. The van der Waals surface area contributed by atoms with E-state index in [1.54, 1.807) is 0 Å². The Morgan fingerprint density at radius 1 is 0.871 bits per heavy atom. The summed E-state index contributed by atoms with van der Waals surface area (Å²) in [6, 6.07) is -1.19. The highest BCUT2D eigenvalue weighted by molar-refractivity contribution is 5.92. The highest BCUT2D eigenvalue weighted by atomic mass is 35.5. The van der Waals surface area contributed by atoms with Gasteiger partial charge >= 0.3 is 0 Å². The monoisotopic (exact) mass is 509 g/mol. The summed E-state index contributed by atoms with van der Waals surface area (Å²) >= 11 is 0.